The first-order valence-corrected chi connectivity index (χ1v) is 8.51. The van der Waals surface area contributed by atoms with Gasteiger partial charge in [0.25, 0.3) is 0 Å². The zero-order chi connectivity index (χ0) is 15.4. The average Bonchev–Trinajstić information content (AvgIpc) is 3.10. The van der Waals surface area contributed by atoms with E-state index in [1.807, 2.05) is 6.07 Å². The molecule has 4 nitrogen and oxygen atoms in total. The van der Waals surface area contributed by atoms with Gasteiger partial charge in [-0.15, -0.1) is 0 Å². The number of benzene rings is 1. The van der Waals surface area contributed by atoms with E-state index in [2.05, 4.69) is 22.3 Å². The van der Waals surface area contributed by atoms with Gasteiger partial charge in [-0.25, -0.2) is 0 Å². The first kappa shape index (κ1) is 15.6. The molecule has 3 rings (SSSR count). The minimum atomic E-state index is 0.413. The van der Waals surface area contributed by atoms with E-state index in [0.29, 0.717) is 12.0 Å². The van der Waals surface area contributed by atoms with Gasteiger partial charge in [-0.3, -0.25) is 4.90 Å². The summed E-state index contributed by atoms with van der Waals surface area (Å²) < 4.78 is 11.4. The van der Waals surface area contributed by atoms with Crippen LogP contribution in [0, 0.1) is 5.92 Å². The van der Waals surface area contributed by atoms with Crippen LogP contribution in [-0.4, -0.2) is 45.3 Å². The number of hydrogen-bond donors (Lipinski definition) is 1. The molecule has 1 heterocycles. The summed E-state index contributed by atoms with van der Waals surface area (Å²) in [4.78, 5) is 2.63. The summed E-state index contributed by atoms with van der Waals surface area (Å²) >= 11 is 0. The fourth-order valence-corrected chi connectivity index (χ4v) is 4.12. The molecule has 1 aromatic rings. The normalized spacial score (nSPS) is 21.7. The van der Waals surface area contributed by atoms with Crippen LogP contribution in [0.2, 0.25) is 0 Å². The zero-order valence-corrected chi connectivity index (χ0v) is 13.8. The second-order valence-corrected chi connectivity index (χ2v) is 6.35. The number of nitrogens with one attached hydrogen (secondary N) is 1. The highest BCUT2D eigenvalue weighted by molar-refractivity contribution is 5.47. The highest BCUT2D eigenvalue weighted by atomic mass is 16.5. The van der Waals surface area contributed by atoms with Gasteiger partial charge in [-0.1, -0.05) is 18.9 Å². The Labute approximate surface area is 133 Å². The van der Waals surface area contributed by atoms with Crippen LogP contribution in [0.15, 0.2) is 18.2 Å². The summed E-state index contributed by atoms with van der Waals surface area (Å²) in [5.74, 6) is 2.65. The number of rotatable bonds is 5. The number of nitrogens with zero attached hydrogens (tertiary/aromatic N) is 1. The van der Waals surface area contributed by atoms with Gasteiger partial charge in [0, 0.05) is 32.2 Å². The SMILES string of the molecule is COc1cccc(OC)c1[C@@H](C1CCCC1)N1CCNCC1. The first-order chi connectivity index (χ1) is 10.8. The Morgan fingerprint density at radius 1 is 1.05 bits per heavy atom. The van der Waals surface area contributed by atoms with Crippen molar-refractivity contribution in [1.29, 1.82) is 0 Å². The lowest BCUT2D eigenvalue weighted by Crippen LogP contribution is -2.46. The smallest absolute Gasteiger partial charge is 0.127 e. The highest BCUT2D eigenvalue weighted by Gasteiger charge is 2.35. The van der Waals surface area contributed by atoms with Crippen molar-refractivity contribution in [2.24, 2.45) is 5.92 Å². The van der Waals surface area contributed by atoms with Crippen LogP contribution >= 0.6 is 0 Å². The Morgan fingerprint density at radius 3 is 2.18 bits per heavy atom. The molecule has 0 aromatic heterocycles. The van der Waals surface area contributed by atoms with E-state index in [1.54, 1.807) is 14.2 Å². The summed E-state index contributed by atoms with van der Waals surface area (Å²) in [7, 11) is 3.53. The summed E-state index contributed by atoms with van der Waals surface area (Å²) in [5, 5.41) is 3.46. The summed E-state index contributed by atoms with van der Waals surface area (Å²) in [5.41, 5.74) is 1.25. The molecule has 0 amide bonds. The van der Waals surface area contributed by atoms with E-state index >= 15 is 0 Å². The quantitative estimate of drug-likeness (QED) is 0.907. The second kappa shape index (κ2) is 7.34. The van der Waals surface area contributed by atoms with Gasteiger partial charge in [-0.2, -0.15) is 0 Å². The largest absolute Gasteiger partial charge is 0.496 e. The number of hydrogen-bond acceptors (Lipinski definition) is 4. The van der Waals surface area contributed by atoms with Crippen LogP contribution in [0.4, 0.5) is 0 Å². The Kier molecular flexibility index (Phi) is 5.21. The number of piperazine rings is 1. The predicted octanol–water partition coefficient (Wildman–Crippen LogP) is 2.84. The van der Waals surface area contributed by atoms with Crippen LogP contribution in [-0.2, 0) is 0 Å². The molecule has 122 valence electrons. The van der Waals surface area contributed by atoms with Gasteiger partial charge >= 0.3 is 0 Å². The minimum Gasteiger partial charge on any atom is -0.496 e. The Balaban J connectivity index is 2.00. The molecule has 0 spiro atoms. The van der Waals surface area contributed by atoms with Gasteiger partial charge in [0.05, 0.1) is 19.8 Å². The molecule has 22 heavy (non-hydrogen) atoms. The molecule has 1 aliphatic carbocycles. The van der Waals surface area contributed by atoms with Gasteiger partial charge in [0.1, 0.15) is 11.5 Å². The van der Waals surface area contributed by atoms with Crippen LogP contribution < -0.4 is 14.8 Å². The maximum Gasteiger partial charge on any atom is 0.127 e. The number of methoxy groups -OCH3 is 2. The van der Waals surface area contributed by atoms with E-state index in [0.717, 1.165) is 37.7 Å². The van der Waals surface area contributed by atoms with E-state index in [1.165, 1.54) is 31.2 Å². The standard InChI is InChI=1S/C18H28N2O2/c1-21-15-8-5-9-16(22-2)17(15)18(14-6-3-4-7-14)20-12-10-19-11-13-20/h5,8-9,14,18-19H,3-4,6-7,10-13H2,1-2H3/t18-/m1/s1. The molecule has 1 N–H and O–H groups in total. The van der Waals surface area contributed by atoms with Crippen LogP contribution in [0.5, 0.6) is 11.5 Å². The maximum absolute atomic E-state index is 5.70. The van der Waals surface area contributed by atoms with Crippen molar-refractivity contribution in [3.63, 3.8) is 0 Å². The fourth-order valence-electron chi connectivity index (χ4n) is 4.12. The number of ether oxygens (including phenoxy) is 2. The van der Waals surface area contributed by atoms with E-state index < -0.39 is 0 Å². The van der Waals surface area contributed by atoms with E-state index in [4.69, 9.17) is 9.47 Å². The molecule has 0 radical (unpaired) electrons. The predicted molar refractivity (Wildman–Crippen MR) is 88.7 cm³/mol. The maximum atomic E-state index is 5.70. The molecular weight excluding hydrogens is 276 g/mol. The van der Waals surface area contributed by atoms with Crippen molar-refractivity contribution in [2.75, 3.05) is 40.4 Å². The molecule has 0 unspecified atom stereocenters. The molecule has 0 bridgehead atoms. The minimum absolute atomic E-state index is 0.413. The Hall–Kier alpha value is -1.26. The van der Waals surface area contributed by atoms with Crippen molar-refractivity contribution in [2.45, 2.75) is 31.7 Å². The van der Waals surface area contributed by atoms with E-state index in [-0.39, 0.29) is 0 Å². The van der Waals surface area contributed by atoms with Crippen molar-refractivity contribution < 1.29 is 9.47 Å². The summed E-state index contributed by atoms with van der Waals surface area (Å²) in [6.45, 7) is 4.34. The molecule has 1 atom stereocenters. The molecule has 4 heteroatoms. The molecule has 1 aliphatic heterocycles. The van der Waals surface area contributed by atoms with E-state index in [9.17, 15) is 0 Å². The molecule has 2 aliphatic rings. The van der Waals surface area contributed by atoms with Gasteiger partial charge in [0.2, 0.25) is 0 Å². The average molecular weight is 304 g/mol. The van der Waals surface area contributed by atoms with Crippen molar-refractivity contribution in [3.05, 3.63) is 23.8 Å². The lowest BCUT2D eigenvalue weighted by Gasteiger charge is -2.39. The van der Waals surface area contributed by atoms with Crippen molar-refractivity contribution in [1.82, 2.24) is 10.2 Å². The van der Waals surface area contributed by atoms with Crippen molar-refractivity contribution >= 4 is 0 Å². The summed E-state index contributed by atoms with van der Waals surface area (Å²) in [6.07, 6.45) is 5.33. The zero-order valence-electron chi connectivity index (χ0n) is 13.8. The summed E-state index contributed by atoms with van der Waals surface area (Å²) in [6, 6.07) is 6.57. The highest BCUT2D eigenvalue weighted by Crippen LogP contribution is 2.46. The third-order valence-corrected chi connectivity index (χ3v) is 5.15. The monoisotopic (exact) mass is 304 g/mol. The molecule has 1 aromatic carbocycles. The van der Waals surface area contributed by atoms with Crippen LogP contribution in [0.25, 0.3) is 0 Å². The van der Waals surface area contributed by atoms with Crippen LogP contribution in [0.3, 0.4) is 0 Å². The Morgan fingerprint density at radius 2 is 1.64 bits per heavy atom. The fraction of sp³-hybridized carbons (Fsp3) is 0.667. The lowest BCUT2D eigenvalue weighted by atomic mass is 9.88. The molecular formula is C18H28N2O2. The van der Waals surface area contributed by atoms with Gasteiger partial charge < -0.3 is 14.8 Å². The first-order valence-electron chi connectivity index (χ1n) is 8.51. The van der Waals surface area contributed by atoms with Gasteiger partial charge in [-0.05, 0) is 30.9 Å². The third kappa shape index (κ3) is 3.08. The van der Waals surface area contributed by atoms with Gasteiger partial charge in [0.15, 0.2) is 0 Å². The third-order valence-electron chi connectivity index (χ3n) is 5.15. The van der Waals surface area contributed by atoms with Crippen molar-refractivity contribution in [3.8, 4) is 11.5 Å². The molecule has 2 fully saturated rings. The second-order valence-electron chi connectivity index (χ2n) is 6.35. The lowest BCUT2D eigenvalue weighted by molar-refractivity contribution is 0.120. The molecule has 1 saturated carbocycles. The molecule has 1 saturated heterocycles. The topological polar surface area (TPSA) is 33.7 Å². The Bertz CT molecular complexity index is 458. The van der Waals surface area contributed by atoms with Crippen LogP contribution in [0.1, 0.15) is 37.3 Å².